The van der Waals surface area contributed by atoms with Gasteiger partial charge in [0.2, 0.25) is 0 Å². The molecule has 0 aromatic heterocycles. The monoisotopic (exact) mass is 249 g/mol. The molecule has 18 heavy (non-hydrogen) atoms. The van der Waals surface area contributed by atoms with Crippen LogP contribution in [0, 0.1) is 0 Å². The van der Waals surface area contributed by atoms with E-state index in [0.29, 0.717) is 19.7 Å². The van der Waals surface area contributed by atoms with Gasteiger partial charge in [-0.3, -0.25) is 4.79 Å². The third-order valence-corrected chi connectivity index (χ3v) is 3.10. The van der Waals surface area contributed by atoms with Crippen molar-refractivity contribution in [1.29, 1.82) is 0 Å². The highest BCUT2D eigenvalue weighted by molar-refractivity contribution is 5.81. The molecule has 0 radical (unpaired) electrons. The highest BCUT2D eigenvalue weighted by Gasteiger charge is 2.27. The third-order valence-electron chi connectivity index (χ3n) is 3.10. The maximum absolute atomic E-state index is 12.2. The lowest BCUT2D eigenvalue weighted by atomic mass is 10.1. The van der Waals surface area contributed by atoms with Crippen LogP contribution in [0.5, 0.6) is 0 Å². The molecule has 0 saturated carbocycles. The molecule has 0 unspecified atom stereocenters. The molecule has 1 aliphatic rings. The molecule has 4 heteroatoms. The van der Waals surface area contributed by atoms with Gasteiger partial charge in [-0.15, -0.1) is 0 Å². The van der Waals surface area contributed by atoms with E-state index < -0.39 is 0 Å². The first kappa shape index (κ1) is 13.1. The van der Waals surface area contributed by atoms with Crippen molar-refractivity contribution < 1.29 is 14.6 Å². The molecular formula is C14H19NO3. The van der Waals surface area contributed by atoms with Gasteiger partial charge < -0.3 is 14.7 Å². The lowest BCUT2D eigenvalue weighted by molar-refractivity contribution is -0.142. The molecule has 1 aliphatic heterocycles. The number of benzene rings is 1. The molecule has 0 spiro atoms. The van der Waals surface area contributed by atoms with Gasteiger partial charge in [0.05, 0.1) is 6.61 Å². The molecule has 0 aliphatic carbocycles. The summed E-state index contributed by atoms with van der Waals surface area (Å²) in [4.78, 5) is 13.9. The van der Waals surface area contributed by atoms with E-state index in [1.165, 1.54) is 0 Å². The normalized spacial score (nSPS) is 18.8. The molecule has 4 nitrogen and oxygen atoms in total. The largest absolute Gasteiger partial charge is 0.395 e. The van der Waals surface area contributed by atoms with E-state index in [-0.39, 0.29) is 18.6 Å². The summed E-state index contributed by atoms with van der Waals surface area (Å²) in [5.41, 5.74) is 1.07. The van der Waals surface area contributed by atoms with Gasteiger partial charge in [-0.2, -0.15) is 0 Å². The highest BCUT2D eigenvalue weighted by atomic mass is 16.5. The fourth-order valence-corrected chi connectivity index (χ4v) is 2.17. The van der Waals surface area contributed by atoms with Crippen LogP contribution >= 0.6 is 0 Å². The van der Waals surface area contributed by atoms with Crippen LogP contribution in [-0.4, -0.2) is 41.8 Å². The summed E-state index contributed by atoms with van der Waals surface area (Å²) in [6.07, 6.45) is 1.41. The number of hydrogen-bond donors (Lipinski definition) is 1. The Morgan fingerprint density at radius 2 is 2.17 bits per heavy atom. The summed E-state index contributed by atoms with van der Waals surface area (Å²) < 4.78 is 5.41. The summed E-state index contributed by atoms with van der Waals surface area (Å²) in [7, 11) is 0. The van der Waals surface area contributed by atoms with Gasteiger partial charge in [0, 0.05) is 19.7 Å². The first-order chi connectivity index (χ1) is 8.81. The quantitative estimate of drug-likeness (QED) is 0.852. The second kappa shape index (κ2) is 6.52. The Balaban J connectivity index is 2.00. The van der Waals surface area contributed by atoms with E-state index in [1.54, 1.807) is 4.90 Å². The predicted molar refractivity (Wildman–Crippen MR) is 67.9 cm³/mol. The summed E-state index contributed by atoms with van der Waals surface area (Å²) in [5, 5.41) is 9.07. The van der Waals surface area contributed by atoms with Crippen LogP contribution in [0.2, 0.25) is 0 Å². The van der Waals surface area contributed by atoms with E-state index in [0.717, 1.165) is 18.4 Å². The highest BCUT2D eigenvalue weighted by Crippen LogP contribution is 2.16. The van der Waals surface area contributed by atoms with Crippen molar-refractivity contribution >= 4 is 5.91 Å². The Kier molecular flexibility index (Phi) is 4.73. The average molecular weight is 249 g/mol. The van der Waals surface area contributed by atoms with Crippen molar-refractivity contribution in [3.05, 3.63) is 35.9 Å². The smallest absolute Gasteiger partial charge is 0.252 e. The van der Waals surface area contributed by atoms with Crippen LogP contribution in [0.25, 0.3) is 0 Å². The molecule has 1 atom stereocenters. The SMILES string of the molecule is O=C([C@H]1CCCO1)N(CCO)Cc1ccccc1. The van der Waals surface area contributed by atoms with E-state index in [9.17, 15) is 4.79 Å². The second-order valence-corrected chi connectivity index (χ2v) is 4.47. The minimum Gasteiger partial charge on any atom is -0.395 e. The van der Waals surface area contributed by atoms with E-state index >= 15 is 0 Å². The van der Waals surface area contributed by atoms with E-state index in [1.807, 2.05) is 30.3 Å². The predicted octanol–water partition coefficient (Wildman–Crippen LogP) is 1.19. The number of carbonyl (C=O) groups is 1. The van der Waals surface area contributed by atoms with Crippen molar-refractivity contribution in [2.75, 3.05) is 19.8 Å². The summed E-state index contributed by atoms with van der Waals surface area (Å²) in [6.45, 7) is 1.52. The third kappa shape index (κ3) is 3.31. The van der Waals surface area contributed by atoms with Gasteiger partial charge in [-0.25, -0.2) is 0 Å². The Hall–Kier alpha value is -1.39. The zero-order valence-corrected chi connectivity index (χ0v) is 10.4. The molecule has 1 amide bonds. The molecule has 0 bridgehead atoms. The van der Waals surface area contributed by atoms with Crippen molar-refractivity contribution in [2.45, 2.75) is 25.5 Å². The van der Waals surface area contributed by atoms with Gasteiger partial charge in [-0.05, 0) is 18.4 Å². The van der Waals surface area contributed by atoms with Gasteiger partial charge in [0.1, 0.15) is 6.10 Å². The van der Waals surface area contributed by atoms with Crippen molar-refractivity contribution in [3.63, 3.8) is 0 Å². The van der Waals surface area contributed by atoms with Crippen LogP contribution in [-0.2, 0) is 16.1 Å². The number of ether oxygens (including phenoxy) is 1. The lowest BCUT2D eigenvalue weighted by Crippen LogP contribution is -2.40. The molecule has 98 valence electrons. The Morgan fingerprint density at radius 3 is 2.78 bits per heavy atom. The summed E-state index contributed by atoms with van der Waals surface area (Å²) >= 11 is 0. The number of aliphatic hydroxyl groups excluding tert-OH is 1. The second-order valence-electron chi connectivity index (χ2n) is 4.47. The standard InChI is InChI=1S/C14H19NO3/c16-9-8-15(11-12-5-2-1-3-6-12)14(17)13-7-4-10-18-13/h1-3,5-6,13,16H,4,7-11H2/t13-/m1/s1. The maximum atomic E-state index is 12.2. The number of amides is 1. The fraction of sp³-hybridized carbons (Fsp3) is 0.500. The van der Waals surface area contributed by atoms with Gasteiger partial charge in [-0.1, -0.05) is 30.3 Å². The molecule has 1 fully saturated rings. The molecule has 1 saturated heterocycles. The number of aliphatic hydroxyl groups is 1. The van der Waals surface area contributed by atoms with Crippen LogP contribution in [0.3, 0.4) is 0 Å². The van der Waals surface area contributed by atoms with Gasteiger partial charge in [0.15, 0.2) is 0 Å². The van der Waals surface area contributed by atoms with Gasteiger partial charge in [0.25, 0.3) is 5.91 Å². The molecule has 2 rings (SSSR count). The zero-order chi connectivity index (χ0) is 12.8. The summed E-state index contributed by atoms with van der Waals surface area (Å²) in [6, 6.07) is 9.80. The molecular weight excluding hydrogens is 230 g/mol. The van der Waals surface area contributed by atoms with Crippen LogP contribution in [0.15, 0.2) is 30.3 Å². The minimum atomic E-state index is -0.319. The molecule has 1 heterocycles. The van der Waals surface area contributed by atoms with E-state index in [2.05, 4.69) is 0 Å². The number of rotatable bonds is 5. The lowest BCUT2D eigenvalue weighted by Gasteiger charge is -2.24. The van der Waals surface area contributed by atoms with Crippen LogP contribution in [0.4, 0.5) is 0 Å². The van der Waals surface area contributed by atoms with Crippen LogP contribution in [0.1, 0.15) is 18.4 Å². The molecule has 1 N–H and O–H groups in total. The Bertz CT molecular complexity index is 374. The topological polar surface area (TPSA) is 49.8 Å². The van der Waals surface area contributed by atoms with Gasteiger partial charge >= 0.3 is 0 Å². The summed E-state index contributed by atoms with van der Waals surface area (Å²) in [5.74, 6) is -0.00889. The fourth-order valence-electron chi connectivity index (χ4n) is 2.17. The minimum absolute atomic E-state index is 0.00889. The van der Waals surface area contributed by atoms with E-state index in [4.69, 9.17) is 9.84 Å². The first-order valence-electron chi connectivity index (χ1n) is 6.36. The van der Waals surface area contributed by atoms with Crippen molar-refractivity contribution in [1.82, 2.24) is 4.90 Å². The number of hydrogen-bond acceptors (Lipinski definition) is 3. The molecule has 1 aromatic carbocycles. The zero-order valence-electron chi connectivity index (χ0n) is 10.4. The average Bonchev–Trinajstić information content (AvgIpc) is 2.92. The number of nitrogens with zero attached hydrogens (tertiary/aromatic N) is 1. The van der Waals surface area contributed by atoms with Crippen molar-refractivity contribution in [3.8, 4) is 0 Å². The van der Waals surface area contributed by atoms with Crippen molar-refractivity contribution in [2.24, 2.45) is 0 Å². The Labute approximate surface area is 107 Å². The Morgan fingerprint density at radius 1 is 1.39 bits per heavy atom. The maximum Gasteiger partial charge on any atom is 0.252 e. The molecule has 1 aromatic rings. The first-order valence-corrected chi connectivity index (χ1v) is 6.36. The number of carbonyl (C=O) groups excluding carboxylic acids is 1. The van der Waals surface area contributed by atoms with Crippen LogP contribution < -0.4 is 0 Å².